The molecule has 3 fully saturated rings. The summed E-state index contributed by atoms with van der Waals surface area (Å²) in [7, 11) is -3.52. The third-order valence-electron chi connectivity index (χ3n) is 7.52. The summed E-state index contributed by atoms with van der Waals surface area (Å²) < 4.78 is 27.3. The number of amides is 2. The van der Waals surface area contributed by atoms with E-state index in [0.29, 0.717) is 18.8 Å². The second kappa shape index (κ2) is 10.2. The van der Waals surface area contributed by atoms with Crippen LogP contribution in [-0.4, -0.2) is 54.1 Å². The Balaban J connectivity index is 1.44. The first-order chi connectivity index (χ1) is 17.4. The molecule has 36 heavy (non-hydrogen) atoms. The van der Waals surface area contributed by atoms with Gasteiger partial charge in [-0.3, -0.25) is 14.5 Å². The van der Waals surface area contributed by atoms with Crippen LogP contribution in [0.5, 0.6) is 0 Å². The highest BCUT2D eigenvalue weighted by molar-refractivity contribution is 7.89. The molecule has 0 aromatic heterocycles. The Morgan fingerprint density at radius 2 is 1.53 bits per heavy atom. The number of likely N-dealkylation sites (tertiary alicyclic amines) is 1. The van der Waals surface area contributed by atoms with Crippen molar-refractivity contribution in [2.45, 2.75) is 67.8 Å². The summed E-state index contributed by atoms with van der Waals surface area (Å²) in [6, 6.07) is 16.1. The fourth-order valence-electron chi connectivity index (χ4n) is 5.55. The predicted octanol–water partition coefficient (Wildman–Crippen LogP) is 4.43. The third-order valence-corrected chi connectivity index (χ3v) is 9.44. The maximum atomic E-state index is 13.9. The van der Waals surface area contributed by atoms with Gasteiger partial charge < -0.3 is 5.32 Å². The molecule has 0 bridgehead atoms. The summed E-state index contributed by atoms with van der Waals surface area (Å²) in [5.74, 6) is -0.398. The summed E-state index contributed by atoms with van der Waals surface area (Å²) in [6.07, 6.45) is 10.3. The lowest BCUT2D eigenvalue weighted by atomic mass is 9.93. The predicted molar refractivity (Wildman–Crippen MR) is 140 cm³/mol. The molecule has 8 heteroatoms. The van der Waals surface area contributed by atoms with Crippen LogP contribution in [0.25, 0.3) is 6.08 Å². The molecule has 1 saturated carbocycles. The minimum absolute atomic E-state index is 0.0273. The quantitative estimate of drug-likeness (QED) is 0.561. The van der Waals surface area contributed by atoms with Gasteiger partial charge in [-0.2, -0.15) is 4.31 Å². The van der Waals surface area contributed by atoms with Crippen LogP contribution in [0.2, 0.25) is 0 Å². The molecule has 1 N–H and O–H groups in total. The Kier molecular flexibility index (Phi) is 6.99. The van der Waals surface area contributed by atoms with Crippen molar-refractivity contribution in [1.82, 2.24) is 9.21 Å². The number of hydrogen-bond acceptors (Lipinski definition) is 5. The Bertz CT molecular complexity index is 1230. The first-order valence-corrected chi connectivity index (χ1v) is 14.3. The van der Waals surface area contributed by atoms with E-state index in [-0.39, 0.29) is 29.2 Å². The van der Waals surface area contributed by atoms with E-state index in [0.717, 1.165) is 50.5 Å². The zero-order valence-electron chi connectivity index (χ0n) is 20.4. The summed E-state index contributed by atoms with van der Waals surface area (Å²) in [4.78, 5) is 28.7. The maximum Gasteiger partial charge on any atom is 0.259 e. The van der Waals surface area contributed by atoms with Gasteiger partial charge in [0.25, 0.3) is 5.91 Å². The molecule has 1 aliphatic carbocycles. The van der Waals surface area contributed by atoms with Crippen molar-refractivity contribution in [2.24, 2.45) is 0 Å². The van der Waals surface area contributed by atoms with Crippen LogP contribution in [0.15, 0.2) is 65.6 Å². The van der Waals surface area contributed by atoms with Crippen molar-refractivity contribution >= 4 is 33.6 Å². The number of sulfonamides is 1. The van der Waals surface area contributed by atoms with Gasteiger partial charge in [0.1, 0.15) is 5.54 Å². The number of carbonyl (C=O) groups excluding carboxylic acids is 2. The molecular formula is C28H33N3O4S. The fraction of sp³-hybridized carbons (Fsp3) is 0.429. The highest BCUT2D eigenvalue weighted by atomic mass is 32.2. The molecule has 2 aliphatic heterocycles. The molecule has 0 spiro atoms. The number of hydrogen-bond donors (Lipinski definition) is 1. The number of rotatable bonds is 7. The smallest absolute Gasteiger partial charge is 0.259 e. The Hall–Kier alpha value is -2.97. The molecular weight excluding hydrogens is 474 g/mol. The van der Waals surface area contributed by atoms with Crippen LogP contribution >= 0.6 is 0 Å². The minimum atomic E-state index is -3.52. The van der Waals surface area contributed by atoms with E-state index in [1.807, 2.05) is 36.4 Å². The van der Waals surface area contributed by atoms with Crippen LogP contribution in [-0.2, 0) is 19.6 Å². The van der Waals surface area contributed by atoms with Gasteiger partial charge in [0.2, 0.25) is 15.9 Å². The highest BCUT2D eigenvalue weighted by Gasteiger charge is 2.52. The lowest BCUT2D eigenvalue weighted by Crippen LogP contribution is -2.48. The maximum absolute atomic E-state index is 13.9. The molecule has 1 atom stereocenters. The van der Waals surface area contributed by atoms with Gasteiger partial charge in [-0.1, -0.05) is 55.7 Å². The minimum Gasteiger partial charge on any atom is -0.368 e. The summed E-state index contributed by atoms with van der Waals surface area (Å²) in [5.41, 5.74) is 0.307. The van der Waals surface area contributed by atoms with E-state index < -0.39 is 15.6 Å². The molecule has 5 rings (SSSR count). The van der Waals surface area contributed by atoms with E-state index >= 15 is 0 Å². The molecule has 3 aliphatic rings. The second-order valence-corrected chi connectivity index (χ2v) is 12.0. The summed E-state index contributed by atoms with van der Waals surface area (Å²) >= 11 is 0. The van der Waals surface area contributed by atoms with Crippen molar-refractivity contribution in [2.75, 3.05) is 18.4 Å². The fourth-order valence-corrected chi connectivity index (χ4v) is 7.07. The van der Waals surface area contributed by atoms with E-state index in [9.17, 15) is 18.0 Å². The number of benzene rings is 2. The molecule has 0 unspecified atom stereocenters. The van der Waals surface area contributed by atoms with Gasteiger partial charge in [-0.25, -0.2) is 8.42 Å². The van der Waals surface area contributed by atoms with Gasteiger partial charge in [0, 0.05) is 24.8 Å². The van der Waals surface area contributed by atoms with Crippen LogP contribution < -0.4 is 5.32 Å². The van der Waals surface area contributed by atoms with Crippen molar-refractivity contribution in [3.05, 3.63) is 66.2 Å². The zero-order valence-corrected chi connectivity index (χ0v) is 21.3. The highest BCUT2D eigenvalue weighted by Crippen LogP contribution is 2.36. The number of nitrogens with one attached hydrogen (secondary N) is 1. The van der Waals surface area contributed by atoms with Crippen molar-refractivity contribution in [3.8, 4) is 0 Å². The van der Waals surface area contributed by atoms with Gasteiger partial charge in [-0.15, -0.1) is 0 Å². The molecule has 2 heterocycles. The molecule has 0 radical (unpaired) electrons. The van der Waals surface area contributed by atoms with E-state index in [1.165, 1.54) is 9.21 Å². The molecule has 2 amide bonds. The van der Waals surface area contributed by atoms with Gasteiger partial charge in [-0.05, 0) is 61.6 Å². The second-order valence-electron chi connectivity index (χ2n) is 10.0. The monoisotopic (exact) mass is 507 g/mol. The topological polar surface area (TPSA) is 86.8 Å². The van der Waals surface area contributed by atoms with Crippen molar-refractivity contribution in [3.63, 3.8) is 0 Å². The summed E-state index contributed by atoms with van der Waals surface area (Å²) in [5, 5.41) is 3.31. The standard InChI is InChI=1S/C28H33N3O4S/c32-26-21-28(18-17-22-9-3-1-4-10-22,27(33)31(26)24-11-5-2-6-12-24)29-23-13-15-25(16-14-23)36(34,35)30-19-7-8-20-30/h1,3-4,9-10,13-18,24,29H,2,5-8,11-12,19-21H2/b18-17+/t28-/m1/s1. The molecule has 2 aromatic carbocycles. The number of carbonyl (C=O) groups is 2. The molecule has 190 valence electrons. The largest absolute Gasteiger partial charge is 0.368 e. The van der Waals surface area contributed by atoms with Gasteiger partial charge in [0.05, 0.1) is 11.3 Å². The lowest BCUT2D eigenvalue weighted by Gasteiger charge is -2.32. The third kappa shape index (κ3) is 4.84. The van der Waals surface area contributed by atoms with E-state index in [2.05, 4.69) is 5.32 Å². The van der Waals surface area contributed by atoms with E-state index in [4.69, 9.17) is 0 Å². The van der Waals surface area contributed by atoms with Gasteiger partial charge >= 0.3 is 0 Å². The SMILES string of the molecule is O=C1C[C@@](/C=C/c2ccccc2)(Nc2ccc(S(=O)(=O)N3CCCC3)cc2)C(=O)N1C1CCCCC1. The number of anilines is 1. The van der Waals surface area contributed by atoms with Gasteiger partial charge in [0.15, 0.2) is 0 Å². The molecule has 2 aromatic rings. The van der Waals surface area contributed by atoms with Crippen LogP contribution in [0, 0.1) is 0 Å². The Morgan fingerprint density at radius 3 is 2.19 bits per heavy atom. The van der Waals surface area contributed by atoms with Crippen molar-refractivity contribution in [1.29, 1.82) is 0 Å². The first-order valence-electron chi connectivity index (χ1n) is 12.9. The van der Waals surface area contributed by atoms with Crippen molar-refractivity contribution < 1.29 is 18.0 Å². The van der Waals surface area contributed by atoms with Crippen LogP contribution in [0.4, 0.5) is 5.69 Å². The Labute approximate surface area is 213 Å². The molecule has 2 saturated heterocycles. The number of imide groups is 1. The average Bonchev–Trinajstić information content (AvgIpc) is 3.52. The molecule has 7 nitrogen and oxygen atoms in total. The Morgan fingerprint density at radius 1 is 0.861 bits per heavy atom. The lowest BCUT2D eigenvalue weighted by molar-refractivity contribution is -0.142. The normalized spacial score (nSPS) is 24.2. The van der Waals surface area contributed by atoms with Crippen LogP contribution in [0.1, 0.15) is 56.9 Å². The first kappa shape index (κ1) is 24.7. The zero-order chi connectivity index (χ0) is 25.2. The van der Waals surface area contributed by atoms with Crippen LogP contribution in [0.3, 0.4) is 0 Å². The van der Waals surface area contributed by atoms with E-state index in [1.54, 1.807) is 30.3 Å². The number of nitrogens with zero attached hydrogens (tertiary/aromatic N) is 2. The average molecular weight is 508 g/mol. The summed E-state index contributed by atoms with van der Waals surface area (Å²) in [6.45, 7) is 1.09.